The highest BCUT2D eigenvalue weighted by atomic mass is 79.9. The Balaban J connectivity index is 1.49. The number of hydrogen-bond donors (Lipinski definition) is 2. The lowest BCUT2D eigenvalue weighted by molar-refractivity contribution is -0.139. The van der Waals surface area contributed by atoms with Gasteiger partial charge in [-0.25, -0.2) is 4.79 Å². The van der Waals surface area contributed by atoms with E-state index in [1.54, 1.807) is 0 Å². The molecule has 1 aliphatic rings. The number of aliphatic carboxylic acids is 1. The van der Waals surface area contributed by atoms with Crippen molar-refractivity contribution in [3.8, 4) is 16.2 Å². The molecule has 0 saturated carbocycles. The molecule has 0 aliphatic heterocycles. The molecule has 4 nitrogen and oxygen atoms in total. The molecule has 0 fully saturated rings. The van der Waals surface area contributed by atoms with Crippen molar-refractivity contribution < 1.29 is 14.6 Å². The average Bonchev–Trinajstić information content (AvgIpc) is 3.22. The van der Waals surface area contributed by atoms with E-state index in [2.05, 4.69) is 57.6 Å². The number of carboxylic acid groups (broad SMARTS) is 1. The molecule has 1 aromatic heterocycles. The molecule has 0 amide bonds. The standard InChI is InChI=1S/C21H18BrNO3S/c22-20-18(26-11-19(24)25)12-27-21(20)15-6-3-7-16(10-15)23-17-8-13-4-1-2-5-14(13)9-17/h1-7,10,12,17,23H,8-9,11H2,(H,24,25). The maximum absolute atomic E-state index is 10.7. The number of nitrogens with one attached hydrogen (secondary N) is 1. The van der Waals surface area contributed by atoms with Gasteiger partial charge in [0, 0.05) is 17.1 Å². The van der Waals surface area contributed by atoms with Crippen LogP contribution in [0.2, 0.25) is 0 Å². The molecule has 0 saturated heterocycles. The molecular weight excluding hydrogens is 426 g/mol. The first kappa shape index (κ1) is 18.1. The number of benzene rings is 2. The van der Waals surface area contributed by atoms with E-state index in [1.807, 2.05) is 17.5 Å². The third-order valence-corrected chi connectivity index (χ3v) is 6.65. The first-order valence-electron chi connectivity index (χ1n) is 8.65. The van der Waals surface area contributed by atoms with Gasteiger partial charge in [0.25, 0.3) is 0 Å². The molecule has 3 aromatic rings. The van der Waals surface area contributed by atoms with Gasteiger partial charge in [0.1, 0.15) is 5.75 Å². The predicted octanol–water partition coefficient (Wildman–Crippen LogP) is 5.22. The highest BCUT2D eigenvalue weighted by Crippen LogP contribution is 2.42. The zero-order valence-electron chi connectivity index (χ0n) is 14.4. The molecule has 2 aromatic carbocycles. The van der Waals surface area contributed by atoms with E-state index in [-0.39, 0.29) is 6.61 Å². The number of ether oxygens (including phenoxy) is 1. The molecule has 2 N–H and O–H groups in total. The molecule has 0 unspecified atom stereocenters. The quantitative estimate of drug-likeness (QED) is 0.548. The van der Waals surface area contributed by atoms with E-state index in [9.17, 15) is 4.79 Å². The Bertz CT molecular complexity index is 960. The van der Waals surface area contributed by atoms with Crippen molar-refractivity contribution >= 4 is 38.9 Å². The van der Waals surface area contributed by atoms with Crippen LogP contribution < -0.4 is 10.1 Å². The summed E-state index contributed by atoms with van der Waals surface area (Å²) in [7, 11) is 0. The van der Waals surface area contributed by atoms with Gasteiger partial charge in [-0.3, -0.25) is 0 Å². The van der Waals surface area contributed by atoms with Gasteiger partial charge in [-0.2, -0.15) is 0 Å². The first-order chi connectivity index (χ1) is 13.1. The molecule has 1 aliphatic carbocycles. The molecule has 27 heavy (non-hydrogen) atoms. The van der Waals surface area contributed by atoms with Crippen LogP contribution in [-0.2, 0) is 17.6 Å². The van der Waals surface area contributed by atoms with E-state index >= 15 is 0 Å². The van der Waals surface area contributed by atoms with Gasteiger partial charge in [-0.05, 0) is 57.6 Å². The van der Waals surface area contributed by atoms with Crippen LogP contribution >= 0.6 is 27.3 Å². The lowest BCUT2D eigenvalue weighted by Gasteiger charge is -2.14. The fourth-order valence-electron chi connectivity index (χ4n) is 3.41. The number of hydrogen-bond acceptors (Lipinski definition) is 4. The number of carbonyl (C=O) groups is 1. The summed E-state index contributed by atoms with van der Waals surface area (Å²) in [5, 5.41) is 14.3. The minimum atomic E-state index is -0.988. The summed E-state index contributed by atoms with van der Waals surface area (Å²) in [6.45, 7) is -0.349. The molecule has 6 heteroatoms. The van der Waals surface area contributed by atoms with E-state index in [0.717, 1.165) is 33.4 Å². The normalized spacial score (nSPS) is 13.4. The zero-order valence-corrected chi connectivity index (χ0v) is 16.8. The van der Waals surface area contributed by atoms with Crippen molar-refractivity contribution in [2.75, 3.05) is 11.9 Å². The van der Waals surface area contributed by atoms with Gasteiger partial charge in [0.15, 0.2) is 6.61 Å². The van der Waals surface area contributed by atoms with Crippen LogP contribution in [0.1, 0.15) is 11.1 Å². The summed E-state index contributed by atoms with van der Waals surface area (Å²) < 4.78 is 6.11. The number of carboxylic acids is 1. The van der Waals surface area contributed by atoms with Gasteiger partial charge in [-0.1, -0.05) is 36.4 Å². The van der Waals surface area contributed by atoms with Crippen LogP contribution in [0.5, 0.6) is 5.75 Å². The highest BCUT2D eigenvalue weighted by Gasteiger charge is 2.21. The Kier molecular flexibility index (Phi) is 5.18. The van der Waals surface area contributed by atoms with Crippen LogP contribution in [0.25, 0.3) is 10.4 Å². The molecule has 0 atom stereocenters. The topological polar surface area (TPSA) is 58.6 Å². The van der Waals surface area contributed by atoms with Crippen LogP contribution in [-0.4, -0.2) is 23.7 Å². The number of halogens is 1. The second kappa shape index (κ2) is 7.74. The summed E-state index contributed by atoms with van der Waals surface area (Å²) in [6, 6.07) is 17.3. The SMILES string of the molecule is O=C(O)COc1csc(-c2cccc(NC3Cc4ccccc4C3)c2)c1Br. The van der Waals surface area contributed by atoms with Crippen molar-refractivity contribution in [1.82, 2.24) is 0 Å². The summed E-state index contributed by atoms with van der Waals surface area (Å²) >= 11 is 5.07. The van der Waals surface area contributed by atoms with Crippen molar-refractivity contribution in [3.05, 3.63) is 69.5 Å². The third kappa shape index (κ3) is 4.01. The smallest absolute Gasteiger partial charge is 0.341 e. The van der Waals surface area contributed by atoms with E-state index in [4.69, 9.17) is 9.84 Å². The van der Waals surface area contributed by atoms with Crippen molar-refractivity contribution in [1.29, 1.82) is 0 Å². The lowest BCUT2D eigenvalue weighted by atomic mass is 10.1. The average molecular weight is 444 g/mol. The maximum atomic E-state index is 10.7. The minimum Gasteiger partial charge on any atom is -0.480 e. The van der Waals surface area contributed by atoms with Gasteiger partial charge in [0.2, 0.25) is 0 Å². The highest BCUT2D eigenvalue weighted by molar-refractivity contribution is 9.10. The van der Waals surface area contributed by atoms with Crippen molar-refractivity contribution in [2.24, 2.45) is 0 Å². The number of thiophene rings is 1. The number of anilines is 1. The van der Waals surface area contributed by atoms with E-state index in [0.29, 0.717) is 11.8 Å². The Morgan fingerprint density at radius 1 is 1.19 bits per heavy atom. The fourth-order valence-corrected chi connectivity index (χ4v) is 5.17. The first-order valence-corrected chi connectivity index (χ1v) is 10.3. The summed E-state index contributed by atoms with van der Waals surface area (Å²) in [5.74, 6) is -0.430. The Labute approximate surface area is 169 Å². The van der Waals surface area contributed by atoms with E-state index in [1.165, 1.54) is 22.5 Å². The summed E-state index contributed by atoms with van der Waals surface area (Å²) in [4.78, 5) is 11.7. The summed E-state index contributed by atoms with van der Waals surface area (Å²) in [6.07, 6.45) is 2.08. The largest absolute Gasteiger partial charge is 0.480 e. The molecule has 4 rings (SSSR count). The Morgan fingerprint density at radius 3 is 2.63 bits per heavy atom. The number of fused-ring (bicyclic) bond motifs is 1. The van der Waals surface area contributed by atoms with Crippen LogP contribution in [0.15, 0.2) is 58.4 Å². The Hall–Kier alpha value is -2.31. The molecular formula is C21H18BrNO3S. The van der Waals surface area contributed by atoms with Gasteiger partial charge >= 0.3 is 5.97 Å². The summed E-state index contributed by atoms with van der Waals surface area (Å²) in [5.41, 5.74) is 5.00. The van der Waals surface area contributed by atoms with Crippen LogP contribution in [0.3, 0.4) is 0 Å². The van der Waals surface area contributed by atoms with Crippen LogP contribution in [0.4, 0.5) is 5.69 Å². The monoisotopic (exact) mass is 443 g/mol. The molecule has 0 radical (unpaired) electrons. The molecule has 0 bridgehead atoms. The molecule has 138 valence electrons. The third-order valence-electron chi connectivity index (χ3n) is 4.60. The van der Waals surface area contributed by atoms with E-state index < -0.39 is 5.97 Å². The van der Waals surface area contributed by atoms with Crippen molar-refractivity contribution in [2.45, 2.75) is 18.9 Å². The number of rotatable bonds is 6. The molecule has 1 heterocycles. The minimum absolute atomic E-state index is 0.349. The zero-order chi connectivity index (χ0) is 18.8. The molecule has 0 spiro atoms. The maximum Gasteiger partial charge on any atom is 0.341 e. The lowest BCUT2D eigenvalue weighted by Crippen LogP contribution is -2.19. The fraction of sp³-hybridized carbons (Fsp3) is 0.190. The van der Waals surface area contributed by atoms with Crippen LogP contribution in [0, 0.1) is 0 Å². The second-order valence-corrected chi connectivity index (χ2v) is 8.20. The van der Waals surface area contributed by atoms with Gasteiger partial charge < -0.3 is 15.2 Å². The second-order valence-electron chi connectivity index (χ2n) is 6.52. The van der Waals surface area contributed by atoms with Gasteiger partial charge in [-0.15, -0.1) is 11.3 Å². The van der Waals surface area contributed by atoms with Gasteiger partial charge in [0.05, 0.1) is 9.35 Å². The Morgan fingerprint density at radius 2 is 1.93 bits per heavy atom. The van der Waals surface area contributed by atoms with Crippen molar-refractivity contribution in [3.63, 3.8) is 0 Å². The predicted molar refractivity (Wildman–Crippen MR) is 112 cm³/mol.